The minimum absolute atomic E-state index is 0.0291. The molecule has 0 bridgehead atoms. The molecule has 1 rings (SSSR count). The number of aromatic nitrogens is 2. The van der Waals surface area contributed by atoms with Crippen molar-refractivity contribution in [2.24, 2.45) is 5.73 Å². The number of nitrogens with two attached hydrogens (primary N) is 1. The van der Waals surface area contributed by atoms with Crippen molar-refractivity contribution in [3.8, 4) is 0 Å². The number of nitrogens with zero attached hydrogens (tertiary/aromatic N) is 1. The number of imidazole rings is 1. The van der Waals surface area contributed by atoms with Crippen molar-refractivity contribution in [1.82, 2.24) is 14.7 Å². The monoisotopic (exact) mass is 262 g/mol. The highest BCUT2D eigenvalue weighted by atomic mass is 32.2. The number of rotatable bonds is 7. The summed E-state index contributed by atoms with van der Waals surface area (Å²) in [6.07, 6.45) is 4.76. The third-order valence-corrected chi connectivity index (χ3v) is 3.46. The van der Waals surface area contributed by atoms with E-state index < -0.39 is 10.0 Å². The maximum atomic E-state index is 11.3. The molecular formula is C8H14N4O2S2. The highest BCUT2D eigenvalue weighted by Crippen LogP contribution is 1.94. The number of sulfonamides is 1. The van der Waals surface area contributed by atoms with Crippen LogP contribution in [0.15, 0.2) is 12.4 Å². The van der Waals surface area contributed by atoms with E-state index in [4.69, 9.17) is 5.73 Å². The molecule has 1 heterocycles. The number of thiocarbonyl (C=S) groups is 1. The van der Waals surface area contributed by atoms with E-state index in [1.807, 2.05) is 0 Å². The first-order chi connectivity index (χ1) is 7.49. The van der Waals surface area contributed by atoms with Crippen LogP contribution in [0.1, 0.15) is 12.2 Å². The van der Waals surface area contributed by atoms with Crippen molar-refractivity contribution in [2.45, 2.75) is 12.8 Å². The van der Waals surface area contributed by atoms with Gasteiger partial charge < -0.3 is 10.7 Å². The smallest absolute Gasteiger partial charge is 0.218 e. The minimum Gasteiger partial charge on any atom is -0.392 e. The first-order valence-corrected chi connectivity index (χ1v) is 6.79. The van der Waals surface area contributed by atoms with E-state index in [0.717, 1.165) is 5.82 Å². The van der Waals surface area contributed by atoms with Gasteiger partial charge in [0.05, 0.1) is 4.99 Å². The van der Waals surface area contributed by atoms with Crippen LogP contribution in [-0.2, 0) is 16.4 Å². The fourth-order valence-electron chi connectivity index (χ4n) is 1.16. The molecule has 6 nitrogen and oxygen atoms in total. The minimum atomic E-state index is -3.37. The largest absolute Gasteiger partial charge is 0.392 e. The number of aromatic amines is 1. The van der Waals surface area contributed by atoms with Crippen LogP contribution in [0.4, 0.5) is 0 Å². The molecule has 90 valence electrons. The second-order valence-corrected chi connectivity index (χ2v) is 5.59. The van der Waals surface area contributed by atoms with E-state index in [2.05, 4.69) is 26.9 Å². The van der Waals surface area contributed by atoms with Crippen LogP contribution < -0.4 is 10.5 Å². The molecule has 4 N–H and O–H groups in total. The summed E-state index contributed by atoms with van der Waals surface area (Å²) in [5.74, 6) is 0.539. The van der Waals surface area contributed by atoms with Gasteiger partial charge in [-0.3, -0.25) is 0 Å². The second kappa shape index (κ2) is 5.92. The van der Waals surface area contributed by atoms with Crippen molar-refractivity contribution < 1.29 is 8.42 Å². The zero-order valence-corrected chi connectivity index (χ0v) is 10.3. The summed E-state index contributed by atoms with van der Waals surface area (Å²) in [5.41, 5.74) is 5.16. The van der Waals surface area contributed by atoms with Gasteiger partial charge in [0.1, 0.15) is 11.6 Å². The molecular weight excluding hydrogens is 248 g/mol. The summed E-state index contributed by atoms with van der Waals surface area (Å²) in [6, 6.07) is 0. The molecule has 0 atom stereocenters. The normalized spacial score (nSPS) is 11.5. The van der Waals surface area contributed by atoms with Crippen LogP contribution in [-0.4, -0.2) is 35.7 Å². The van der Waals surface area contributed by atoms with E-state index in [0.29, 0.717) is 19.4 Å². The molecule has 0 saturated heterocycles. The van der Waals surface area contributed by atoms with Crippen molar-refractivity contribution in [2.75, 3.05) is 12.3 Å². The molecule has 0 radical (unpaired) electrons. The Morgan fingerprint density at radius 1 is 1.62 bits per heavy atom. The second-order valence-electron chi connectivity index (χ2n) is 3.26. The lowest BCUT2D eigenvalue weighted by Crippen LogP contribution is -2.33. The van der Waals surface area contributed by atoms with E-state index in [9.17, 15) is 8.42 Å². The Kier molecular flexibility index (Phi) is 4.84. The van der Waals surface area contributed by atoms with Gasteiger partial charge in [-0.25, -0.2) is 18.1 Å². The molecule has 0 spiro atoms. The molecule has 1 aromatic rings. The summed E-state index contributed by atoms with van der Waals surface area (Å²) >= 11 is 4.53. The van der Waals surface area contributed by atoms with E-state index in [-0.39, 0.29) is 10.7 Å². The maximum Gasteiger partial charge on any atom is 0.218 e. The van der Waals surface area contributed by atoms with Gasteiger partial charge in [0.25, 0.3) is 0 Å². The van der Waals surface area contributed by atoms with Gasteiger partial charge >= 0.3 is 0 Å². The summed E-state index contributed by atoms with van der Waals surface area (Å²) in [6.45, 7) is 0.353. The Bertz CT molecular complexity index is 427. The predicted octanol–water partition coefficient (Wildman–Crippen LogP) is -0.452. The van der Waals surface area contributed by atoms with E-state index in [1.54, 1.807) is 12.4 Å². The zero-order chi connectivity index (χ0) is 12.0. The van der Waals surface area contributed by atoms with Crippen LogP contribution >= 0.6 is 12.2 Å². The lowest BCUT2D eigenvalue weighted by Gasteiger charge is -2.04. The van der Waals surface area contributed by atoms with Gasteiger partial charge in [-0.2, -0.15) is 0 Å². The molecule has 0 aromatic carbocycles. The number of aryl methyl sites for hydroxylation is 1. The molecule has 0 unspecified atom stereocenters. The van der Waals surface area contributed by atoms with Crippen molar-refractivity contribution in [1.29, 1.82) is 0 Å². The summed E-state index contributed by atoms with van der Waals surface area (Å²) in [5, 5.41) is 0. The Hall–Kier alpha value is -0.990. The lowest BCUT2D eigenvalue weighted by molar-refractivity contribution is 0.582. The Labute approximate surface area is 99.7 Å². The third-order valence-electron chi connectivity index (χ3n) is 1.80. The predicted molar refractivity (Wildman–Crippen MR) is 65.5 cm³/mol. The molecule has 0 aliphatic carbocycles. The molecule has 0 aliphatic heterocycles. The highest BCUT2D eigenvalue weighted by molar-refractivity contribution is 7.92. The Balaban J connectivity index is 2.23. The van der Waals surface area contributed by atoms with E-state index >= 15 is 0 Å². The fourth-order valence-corrected chi connectivity index (χ4v) is 2.55. The molecule has 8 heteroatoms. The van der Waals surface area contributed by atoms with Crippen LogP contribution in [0.2, 0.25) is 0 Å². The van der Waals surface area contributed by atoms with Gasteiger partial charge in [0.2, 0.25) is 10.0 Å². The summed E-state index contributed by atoms with van der Waals surface area (Å²) in [7, 11) is -3.37. The number of hydrogen-bond donors (Lipinski definition) is 3. The molecule has 0 aliphatic rings. The van der Waals surface area contributed by atoms with Gasteiger partial charge in [0.15, 0.2) is 0 Å². The molecule has 0 fully saturated rings. The van der Waals surface area contributed by atoms with Gasteiger partial charge in [-0.15, -0.1) is 0 Å². The Morgan fingerprint density at radius 3 is 2.94 bits per heavy atom. The maximum absolute atomic E-state index is 11.3. The average molecular weight is 262 g/mol. The summed E-state index contributed by atoms with van der Waals surface area (Å²) < 4.78 is 25.0. The van der Waals surface area contributed by atoms with Crippen molar-refractivity contribution in [3.05, 3.63) is 18.2 Å². The van der Waals surface area contributed by atoms with Gasteiger partial charge in [-0.05, 0) is 6.42 Å². The lowest BCUT2D eigenvalue weighted by atomic mass is 10.3. The number of hydrogen-bond acceptors (Lipinski definition) is 4. The van der Waals surface area contributed by atoms with Gasteiger partial charge in [0, 0.05) is 25.4 Å². The molecule has 0 amide bonds. The van der Waals surface area contributed by atoms with Crippen LogP contribution in [0.25, 0.3) is 0 Å². The molecule has 1 aromatic heterocycles. The first kappa shape index (κ1) is 13.1. The summed E-state index contributed by atoms with van der Waals surface area (Å²) in [4.78, 5) is 6.93. The van der Waals surface area contributed by atoms with Crippen LogP contribution in [0, 0.1) is 0 Å². The van der Waals surface area contributed by atoms with E-state index in [1.165, 1.54) is 0 Å². The fraction of sp³-hybridized carbons (Fsp3) is 0.500. The first-order valence-electron chi connectivity index (χ1n) is 4.73. The number of nitrogens with one attached hydrogen (secondary N) is 2. The average Bonchev–Trinajstić information content (AvgIpc) is 2.62. The Morgan fingerprint density at radius 2 is 2.38 bits per heavy atom. The molecule has 16 heavy (non-hydrogen) atoms. The zero-order valence-electron chi connectivity index (χ0n) is 8.64. The van der Waals surface area contributed by atoms with Crippen molar-refractivity contribution in [3.63, 3.8) is 0 Å². The van der Waals surface area contributed by atoms with Gasteiger partial charge in [-0.1, -0.05) is 12.2 Å². The molecule has 0 saturated carbocycles. The number of H-pyrrole nitrogens is 1. The third kappa shape index (κ3) is 5.19. The van der Waals surface area contributed by atoms with Crippen molar-refractivity contribution >= 4 is 27.2 Å². The quantitative estimate of drug-likeness (QED) is 0.456. The van der Waals surface area contributed by atoms with Crippen LogP contribution in [0.5, 0.6) is 0 Å². The van der Waals surface area contributed by atoms with Crippen LogP contribution in [0.3, 0.4) is 0 Å². The SMILES string of the molecule is NC(=S)CS(=O)(=O)NCCCc1ncc[nH]1. The standard InChI is InChI=1S/C8H14N4O2S2/c9-7(15)6-16(13,14)12-3-1-2-8-10-4-5-11-8/h4-5,12H,1-3,6H2,(H2,9,15)(H,10,11). The highest BCUT2D eigenvalue weighted by Gasteiger charge is 2.10. The topological polar surface area (TPSA) is 101 Å².